The van der Waals surface area contributed by atoms with Gasteiger partial charge >= 0.3 is 6.03 Å². The molecule has 9 nitrogen and oxygen atoms in total. The number of amides is 4. The summed E-state index contributed by atoms with van der Waals surface area (Å²) in [5, 5.41) is 18.9. The molecular weight excluding hydrogens is 420 g/mol. The van der Waals surface area contributed by atoms with Gasteiger partial charge in [0.1, 0.15) is 12.1 Å². The lowest BCUT2D eigenvalue weighted by atomic mass is 9.91. The molecule has 4 amide bonds. The monoisotopic (exact) mass is 442 g/mol. The van der Waals surface area contributed by atoms with Crippen LogP contribution in [0.3, 0.4) is 0 Å². The van der Waals surface area contributed by atoms with Crippen LogP contribution in [-0.4, -0.2) is 39.1 Å². The molecular formula is C24H22N6O3. The van der Waals surface area contributed by atoms with E-state index in [0.717, 1.165) is 16.3 Å². The molecule has 1 atom stereocenters. The largest absolute Gasteiger partial charge is 0.325 e. The zero-order valence-corrected chi connectivity index (χ0v) is 18.4. The van der Waals surface area contributed by atoms with Gasteiger partial charge in [0.05, 0.1) is 34.4 Å². The summed E-state index contributed by atoms with van der Waals surface area (Å²) in [6, 6.07) is 17.2. The van der Waals surface area contributed by atoms with Crippen LogP contribution in [0.25, 0.3) is 5.69 Å². The second kappa shape index (κ2) is 8.24. The van der Waals surface area contributed by atoms with E-state index in [0.29, 0.717) is 22.5 Å². The first-order valence-electron chi connectivity index (χ1n) is 10.3. The SMILES string of the molecule is Cc1nn(-c2ccccc2)c(C)c1NC(=O)CN1C(=O)N[C@@](C)(c2ccc(C#N)cc2)C1=O. The van der Waals surface area contributed by atoms with Crippen molar-refractivity contribution in [1.82, 2.24) is 20.0 Å². The Morgan fingerprint density at radius 2 is 1.79 bits per heavy atom. The first-order valence-corrected chi connectivity index (χ1v) is 10.3. The lowest BCUT2D eigenvalue weighted by Crippen LogP contribution is -2.42. The van der Waals surface area contributed by atoms with Gasteiger partial charge in [-0.2, -0.15) is 10.4 Å². The molecule has 2 heterocycles. The second-order valence-electron chi connectivity index (χ2n) is 7.98. The van der Waals surface area contributed by atoms with Gasteiger partial charge in [-0.05, 0) is 50.6 Å². The number of imide groups is 1. The van der Waals surface area contributed by atoms with E-state index >= 15 is 0 Å². The quantitative estimate of drug-likeness (QED) is 0.589. The number of carbonyl (C=O) groups is 3. The number of carbonyl (C=O) groups excluding carboxylic acids is 3. The number of nitrogens with zero attached hydrogens (tertiary/aromatic N) is 4. The molecule has 1 saturated heterocycles. The van der Waals surface area contributed by atoms with Gasteiger partial charge in [0.15, 0.2) is 0 Å². The fraction of sp³-hybridized carbons (Fsp3) is 0.208. The number of rotatable bonds is 5. The number of aryl methyl sites for hydroxylation is 1. The van der Waals surface area contributed by atoms with Crippen LogP contribution in [0, 0.1) is 25.2 Å². The molecule has 0 saturated carbocycles. The topological polar surface area (TPSA) is 120 Å². The number of hydrogen-bond donors (Lipinski definition) is 2. The molecule has 33 heavy (non-hydrogen) atoms. The normalized spacial score (nSPS) is 17.6. The van der Waals surface area contributed by atoms with E-state index < -0.39 is 29.9 Å². The van der Waals surface area contributed by atoms with Crippen LogP contribution >= 0.6 is 0 Å². The van der Waals surface area contributed by atoms with Crippen molar-refractivity contribution in [3.05, 3.63) is 77.1 Å². The molecule has 0 bridgehead atoms. The smallest absolute Gasteiger partial charge is 0.321 e. The highest BCUT2D eigenvalue weighted by Crippen LogP contribution is 2.29. The van der Waals surface area contributed by atoms with Crippen LogP contribution in [0.15, 0.2) is 54.6 Å². The van der Waals surface area contributed by atoms with E-state index in [1.165, 1.54) is 0 Å². The Morgan fingerprint density at radius 1 is 1.12 bits per heavy atom. The molecule has 0 unspecified atom stereocenters. The van der Waals surface area contributed by atoms with Gasteiger partial charge in [-0.1, -0.05) is 30.3 Å². The van der Waals surface area contributed by atoms with Crippen LogP contribution in [0.4, 0.5) is 10.5 Å². The van der Waals surface area contributed by atoms with Crippen LogP contribution in [0.2, 0.25) is 0 Å². The van der Waals surface area contributed by atoms with Gasteiger partial charge in [0, 0.05) is 0 Å². The molecule has 2 aromatic carbocycles. The van der Waals surface area contributed by atoms with Crippen molar-refractivity contribution in [2.24, 2.45) is 0 Å². The second-order valence-corrected chi connectivity index (χ2v) is 7.98. The Morgan fingerprint density at radius 3 is 2.42 bits per heavy atom. The lowest BCUT2D eigenvalue weighted by molar-refractivity contribution is -0.133. The number of anilines is 1. The Kier molecular flexibility index (Phi) is 5.44. The number of urea groups is 1. The van der Waals surface area contributed by atoms with Crippen molar-refractivity contribution in [2.45, 2.75) is 26.3 Å². The number of nitrogens with one attached hydrogen (secondary N) is 2. The molecule has 0 aliphatic carbocycles. The molecule has 1 fully saturated rings. The fourth-order valence-corrected chi connectivity index (χ4v) is 3.88. The Labute approximate surface area is 190 Å². The van der Waals surface area contributed by atoms with Gasteiger partial charge in [0.2, 0.25) is 5.91 Å². The van der Waals surface area contributed by atoms with E-state index in [1.807, 2.05) is 43.3 Å². The molecule has 4 rings (SSSR count). The predicted octanol–water partition coefficient (Wildman–Crippen LogP) is 2.77. The molecule has 1 aliphatic heterocycles. The maximum Gasteiger partial charge on any atom is 0.325 e. The summed E-state index contributed by atoms with van der Waals surface area (Å²) in [4.78, 5) is 39.3. The van der Waals surface area contributed by atoms with Gasteiger partial charge in [-0.3, -0.25) is 14.5 Å². The van der Waals surface area contributed by atoms with Gasteiger partial charge < -0.3 is 10.6 Å². The third-order valence-electron chi connectivity index (χ3n) is 5.72. The van der Waals surface area contributed by atoms with Crippen molar-refractivity contribution >= 4 is 23.5 Å². The maximum atomic E-state index is 13.1. The number of nitriles is 1. The van der Waals surface area contributed by atoms with Crippen LogP contribution in [0.1, 0.15) is 29.4 Å². The third kappa shape index (κ3) is 3.83. The highest BCUT2D eigenvalue weighted by molar-refractivity contribution is 6.10. The average molecular weight is 442 g/mol. The van der Waals surface area contributed by atoms with Crippen LogP contribution in [-0.2, 0) is 15.1 Å². The van der Waals surface area contributed by atoms with E-state index in [4.69, 9.17) is 5.26 Å². The molecule has 9 heteroatoms. The minimum atomic E-state index is -1.32. The van der Waals surface area contributed by atoms with Crippen molar-refractivity contribution in [2.75, 3.05) is 11.9 Å². The standard InChI is InChI=1S/C24H22N6O3/c1-15-21(16(2)30(28-15)19-7-5-4-6-8-19)26-20(31)14-29-22(32)24(3,27-23(29)33)18-11-9-17(13-25)10-12-18/h4-12H,14H2,1-3H3,(H,26,31)(H,27,33)/t24-/m0/s1. The van der Waals surface area contributed by atoms with Crippen LogP contribution < -0.4 is 10.6 Å². The Balaban J connectivity index is 1.51. The molecule has 2 N–H and O–H groups in total. The summed E-state index contributed by atoms with van der Waals surface area (Å²) in [5.41, 5.74) is 2.37. The summed E-state index contributed by atoms with van der Waals surface area (Å²) < 4.78 is 1.72. The van der Waals surface area contributed by atoms with E-state index in [2.05, 4.69) is 15.7 Å². The van der Waals surface area contributed by atoms with E-state index in [1.54, 1.807) is 42.8 Å². The fourth-order valence-electron chi connectivity index (χ4n) is 3.88. The molecule has 1 aliphatic rings. The number of aromatic nitrogens is 2. The number of hydrogen-bond acceptors (Lipinski definition) is 5. The number of benzene rings is 2. The van der Waals surface area contributed by atoms with Gasteiger partial charge in [-0.25, -0.2) is 9.48 Å². The van der Waals surface area contributed by atoms with E-state index in [9.17, 15) is 14.4 Å². The molecule has 166 valence electrons. The van der Waals surface area contributed by atoms with Crippen LogP contribution in [0.5, 0.6) is 0 Å². The minimum Gasteiger partial charge on any atom is -0.321 e. The summed E-state index contributed by atoms with van der Waals surface area (Å²) in [7, 11) is 0. The molecule has 0 spiro atoms. The Bertz CT molecular complexity index is 1290. The lowest BCUT2D eigenvalue weighted by Gasteiger charge is -2.22. The van der Waals surface area contributed by atoms with Gasteiger partial charge in [0.25, 0.3) is 5.91 Å². The zero-order chi connectivity index (χ0) is 23.8. The van der Waals surface area contributed by atoms with E-state index in [-0.39, 0.29) is 0 Å². The Hall–Kier alpha value is -4.45. The highest BCUT2D eigenvalue weighted by Gasteiger charge is 2.49. The minimum absolute atomic E-state index is 0.439. The summed E-state index contributed by atoms with van der Waals surface area (Å²) >= 11 is 0. The first kappa shape index (κ1) is 21.8. The maximum absolute atomic E-state index is 13.1. The number of para-hydroxylation sites is 1. The van der Waals surface area contributed by atoms with Crippen molar-refractivity contribution in [3.8, 4) is 11.8 Å². The van der Waals surface area contributed by atoms with Gasteiger partial charge in [-0.15, -0.1) is 0 Å². The predicted molar refractivity (Wildman–Crippen MR) is 120 cm³/mol. The summed E-state index contributed by atoms with van der Waals surface area (Å²) in [6.45, 7) is 4.74. The van der Waals surface area contributed by atoms with Crippen molar-refractivity contribution < 1.29 is 14.4 Å². The van der Waals surface area contributed by atoms with Crippen molar-refractivity contribution in [3.63, 3.8) is 0 Å². The first-order chi connectivity index (χ1) is 15.7. The highest BCUT2D eigenvalue weighted by atomic mass is 16.2. The molecule has 0 radical (unpaired) electrons. The molecule has 3 aromatic rings. The zero-order valence-electron chi connectivity index (χ0n) is 18.4. The molecule has 1 aromatic heterocycles. The average Bonchev–Trinajstić information content (AvgIpc) is 3.22. The summed E-state index contributed by atoms with van der Waals surface area (Å²) in [6.07, 6.45) is 0. The summed E-state index contributed by atoms with van der Waals surface area (Å²) in [5.74, 6) is -1.05. The van der Waals surface area contributed by atoms with Crippen molar-refractivity contribution in [1.29, 1.82) is 5.26 Å². The third-order valence-corrected chi connectivity index (χ3v) is 5.72.